The predicted octanol–water partition coefficient (Wildman–Crippen LogP) is 4.66. The van der Waals surface area contributed by atoms with Gasteiger partial charge in [-0.3, -0.25) is 0 Å². The molecule has 0 fully saturated rings. The highest BCUT2D eigenvalue weighted by atomic mass is 35.5. The molecule has 0 bridgehead atoms. The summed E-state index contributed by atoms with van der Waals surface area (Å²) in [7, 11) is 2.08. The van der Waals surface area contributed by atoms with Crippen molar-refractivity contribution in [3.05, 3.63) is 53.2 Å². The van der Waals surface area contributed by atoms with Crippen LogP contribution in [0.2, 0.25) is 5.02 Å². The molecule has 0 amide bonds. The van der Waals surface area contributed by atoms with E-state index in [0.717, 1.165) is 23.7 Å². The smallest absolute Gasteiger partial charge is 0.0612 e. The minimum atomic E-state index is 0.273. The van der Waals surface area contributed by atoms with Crippen molar-refractivity contribution in [2.75, 3.05) is 18.6 Å². The number of halogens is 1. The van der Waals surface area contributed by atoms with Crippen LogP contribution in [0.25, 0.3) is 0 Å². The zero-order valence-corrected chi connectivity index (χ0v) is 13.1. The monoisotopic (exact) mass is 291 g/mol. The van der Waals surface area contributed by atoms with Crippen LogP contribution in [0.5, 0.6) is 0 Å². The van der Waals surface area contributed by atoms with Gasteiger partial charge in [0.15, 0.2) is 0 Å². The van der Waals surface area contributed by atoms with Crippen molar-refractivity contribution in [2.24, 2.45) is 5.92 Å². The van der Waals surface area contributed by atoms with Crippen molar-refractivity contribution in [1.82, 2.24) is 0 Å². The second-order valence-electron chi connectivity index (χ2n) is 5.08. The summed E-state index contributed by atoms with van der Waals surface area (Å²) < 4.78 is 5.67. The first-order valence-corrected chi connectivity index (χ1v) is 7.49. The Morgan fingerprint density at radius 2 is 2.05 bits per heavy atom. The molecule has 0 radical (unpaired) electrons. The van der Waals surface area contributed by atoms with Crippen LogP contribution in [0.15, 0.2) is 48.2 Å². The molecule has 1 aliphatic carbocycles. The number of hydrogen-bond donors (Lipinski definition) is 0. The summed E-state index contributed by atoms with van der Waals surface area (Å²) in [5.41, 5.74) is 2.36. The zero-order valence-electron chi connectivity index (χ0n) is 12.3. The molecule has 20 heavy (non-hydrogen) atoms. The van der Waals surface area contributed by atoms with Crippen molar-refractivity contribution in [2.45, 2.75) is 26.4 Å². The minimum absolute atomic E-state index is 0.273. The third-order valence-electron chi connectivity index (χ3n) is 3.75. The van der Waals surface area contributed by atoms with E-state index in [1.165, 1.54) is 5.70 Å². The Labute approximate surface area is 126 Å². The summed E-state index contributed by atoms with van der Waals surface area (Å²) in [5, 5.41) is 0.765. The van der Waals surface area contributed by atoms with Crippen LogP contribution in [0.3, 0.4) is 0 Å². The summed E-state index contributed by atoms with van der Waals surface area (Å²) in [6.07, 6.45) is 8.00. The Morgan fingerprint density at radius 1 is 1.35 bits per heavy atom. The number of nitrogens with zero attached hydrogens (tertiary/aromatic N) is 1. The molecule has 1 aromatic rings. The van der Waals surface area contributed by atoms with Crippen molar-refractivity contribution in [1.29, 1.82) is 0 Å². The number of anilines is 1. The first-order valence-electron chi connectivity index (χ1n) is 7.11. The van der Waals surface area contributed by atoms with Gasteiger partial charge in [0.2, 0.25) is 0 Å². The lowest BCUT2D eigenvalue weighted by Crippen LogP contribution is -2.23. The predicted molar refractivity (Wildman–Crippen MR) is 86.3 cm³/mol. The van der Waals surface area contributed by atoms with Gasteiger partial charge in [0.1, 0.15) is 0 Å². The number of rotatable bonds is 5. The van der Waals surface area contributed by atoms with Gasteiger partial charge in [-0.2, -0.15) is 0 Å². The average molecular weight is 292 g/mol. The molecule has 1 aromatic carbocycles. The molecule has 0 spiro atoms. The summed E-state index contributed by atoms with van der Waals surface area (Å²) >= 11 is 5.92. The summed E-state index contributed by atoms with van der Waals surface area (Å²) in [5.74, 6) is 0.470. The number of hydrogen-bond acceptors (Lipinski definition) is 2. The number of benzene rings is 1. The summed E-state index contributed by atoms with van der Waals surface area (Å²) in [6.45, 7) is 4.95. The zero-order chi connectivity index (χ0) is 14.5. The van der Waals surface area contributed by atoms with Crippen molar-refractivity contribution in [3.63, 3.8) is 0 Å². The van der Waals surface area contributed by atoms with Gasteiger partial charge in [-0.15, -0.1) is 0 Å². The lowest BCUT2D eigenvalue weighted by Gasteiger charge is -2.27. The van der Waals surface area contributed by atoms with Crippen LogP contribution in [-0.4, -0.2) is 19.8 Å². The fraction of sp³-hybridized carbons (Fsp3) is 0.412. The second-order valence-corrected chi connectivity index (χ2v) is 5.52. The van der Waals surface area contributed by atoms with E-state index in [0.29, 0.717) is 5.92 Å². The lowest BCUT2D eigenvalue weighted by molar-refractivity contribution is 0.0477. The van der Waals surface area contributed by atoms with Crippen molar-refractivity contribution >= 4 is 17.3 Å². The molecule has 0 saturated heterocycles. The van der Waals surface area contributed by atoms with Gasteiger partial charge in [-0.05, 0) is 50.6 Å². The average Bonchev–Trinajstić information content (AvgIpc) is 2.48. The van der Waals surface area contributed by atoms with E-state index in [1.54, 1.807) is 0 Å². The van der Waals surface area contributed by atoms with E-state index in [-0.39, 0.29) is 6.10 Å². The maximum atomic E-state index is 5.92. The molecule has 0 saturated carbocycles. The van der Waals surface area contributed by atoms with Crippen LogP contribution >= 0.6 is 11.6 Å². The van der Waals surface area contributed by atoms with Crippen molar-refractivity contribution in [3.8, 4) is 0 Å². The molecular formula is C17H22ClNO. The number of allylic oxidation sites excluding steroid dienone is 2. The van der Waals surface area contributed by atoms with E-state index in [1.807, 2.05) is 31.2 Å². The molecule has 0 heterocycles. The maximum absolute atomic E-state index is 5.92. The van der Waals surface area contributed by atoms with Crippen LogP contribution in [-0.2, 0) is 4.74 Å². The molecule has 0 aromatic heterocycles. The quantitative estimate of drug-likeness (QED) is 0.782. The van der Waals surface area contributed by atoms with Gasteiger partial charge >= 0.3 is 0 Å². The van der Waals surface area contributed by atoms with Crippen LogP contribution in [0.4, 0.5) is 5.69 Å². The van der Waals surface area contributed by atoms with E-state index in [9.17, 15) is 0 Å². The highest BCUT2D eigenvalue weighted by Gasteiger charge is 2.17. The summed E-state index contributed by atoms with van der Waals surface area (Å²) in [6, 6.07) is 7.90. The van der Waals surface area contributed by atoms with E-state index in [4.69, 9.17) is 16.3 Å². The maximum Gasteiger partial charge on any atom is 0.0612 e. The van der Waals surface area contributed by atoms with Gasteiger partial charge in [-0.25, -0.2) is 0 Å². The molecule has 2 atom stereocenters. The Balaban J connectivity index is 2.01. The SMILES string of the molecule is CCO[C@H](C)C1C=CC(N(C)c2ccc(Cl)cc2)=CC1. The highest BCUT2D eigenvalue weighted by Crippen LogP contribution is 2.26. The van der Waals surface area contributed by atoms with Crippen LogP contribution < -0.4 is 4.90 Å². The standard InChI is InChI=1S/C17H22ClNO/c1-4-20-13(2)14-5-9-16(10-6-14)19(3)17-11-7-15(18)8-12-17/h5,7-14H,4,6H2,1-3H3/t13-,14?/m1/s1. The van der Waals surface area contributed by atoms with Crippen LogP contribution in [0.1, 0.15) is 20.3 Å². The number of ether oxygens (including phenoxy) is 1. The topological polar surface area (TPSA) is 12.5 Å². The fourth-order valence-electron chi connectivity index (χ4n) is 2.42. The molecule has 108 valence electrons. The molecule has 0 N–H and O–H groups in total. The Morgan fingerprint density at radius 3 is 2.60 bits per heavy atom. The molecule has 3 heteroatoms. The molecule has 1 aliphatic rings. The Bertz CT molecular complexity index is 492. The van der Waals surface area contributed by atoms with Crippen molar-refractivity contribution < 1.29 is 4.74 Å². The highest BCUT2D eigenvalue weighted by molar-refractivity contribution is 6.30. The fourth-order valence-corrected chi connectivity index (χ4v) is 2.55. The van der Waals surface area contributed by atoms with Crippen LogP contribution in [0, 0.1) is 5.92 Å². The molecule has 0 aliphatic heterocycles. The Hall–Kier alpha value is -1.25. The second kappa shape index (κ2) is 6.96. The third-order valence-corrected chi connectivity index (χ3v) is 4.00. The van der Waals surface area contributed by atoms with E-state index in [2.05, 4.69) is 37.1 Å². The van der Waals surface area contributed by atoms with Gasteiger partial charge in [-0.1, -0.05) is 23.8 Å². The largest absolute Gasteiger partial charge is 0.378 e. The Kier molecular flexibility index (Phi) is 5.27. The minimum Gasteiger partial charge on any atom is -0.378 e. The first kappa shape index (κ1) is 15.1. The van der Waals surface area contributed by atoms with Gasteiger partial charge in [0.25, 0.3) is 0 Å². The van der Waals surface area contributed by atoms with Gasteiger partial charge in [0, 0.05) is 36.0 Å². The lowest BCUT2D eigenvalue weighted by atomic mass is 9.94. The summed E-state index contributed by atoms with van der Waals surface area (Å²) in [4.78, 5) is 2.17. The molecule has 2 rings (SSSR count). The van der Waals surface area contributed by atoms with E-state index >= 15 is 0 Å². The normalized spacial score (nSPS) is 19.6. The first-order chi connectivity index (χ1) is 9.61. The van der Waals surface area contributed by atoms with Gasteiger partial charge in [0.05, 0.1) is 6.10 Å². The van der Waals surface area contributed by atoms with Gasteiger partial charge < -0.3 is 9.64 Å². The van der Waals surface area contributed by atoms with E-state index < -0.39 is 0 Å². The molecule has 1 unspecified atom stereocenters. The third kappa shape index (κ3) is 3.65. The molecular weight excluding hydrogens is 270 g/mol. The number of likely N-dealkylation sites (N-methyl/N-ethyl adjacent to an activating group) is 1. The molecule has 2 nitrogen and oxygen atoms in total.